The highest BCUT2D eigenvalue weighted by molar-refractivity contribution is 6.17. The lowest BCUT2D eigenvalue weighted by atomic mass is 10.0. The molecular weight excluding hydrogens is 226 g/mol. The lowest BCUT2D eigenvalue weighted by molar-refractivity contribution is 0.354. The van der Waals surface area contributed by atoms with E-state index >= 15 is 0 Å². The maximum Gasteiger partial charge on any atom is 0.161 e. The SMILES string of the molecule is COc1cc(C)c(CCNCCl)cc1OC. The van der Waals surface area contributed by atoms with E-state index in [1.165, 1.54) is 11.1 Å². The Bertz CT molecular complexity index is 342. The van der Waals surface area contributed by atoms with Crippen LogP contribution in [0.5, 0.6) is 11.5 Å². The average Bonchev–Trinajstić information content (AvgIpc) is 2.31. The first kappa shape index (κ1) is 13.1. The standard InChI is InChI=1S/C12H18ClNO2/c1-9-6-11(15-2)12(16-3)7-10(9)4-5-14-8-13/h6-7,14H,4-5,8H2,1-3H3. The van der Waals surface area contributed by atoms with E-state index in [2.05, 4.69) is 12.2 Å². The minimum Gasteiger partial charge on any atom is -0.493 e. The Morgan fingerprint density at radius 1 is 1.19 bits per heavy atom. The third-order valence-electron chi connectivity index (χ3n) is 2.51. The summed E-state index contributed by atoms with van der Waals surface area (Å²) in [7, 11) is 3.29. The summed E-state index contributed by atoms with van der Waals surface area (Å²) in [6.45, 7) is 2.93. The average molecular weight is 244 g/mol. The van der Waals surface area contributed by atoms with Gasteiger partial charge in [0.1, 0.15) is 0 Å². The Morgan fingerprint density at radius 3 is 2.38 bits per heavy atom. The van der Waals surface area contributed by atoms with E-state index in [9.17, 15) is 0 Å². The van der Waals surface area contributed by atoms with Crippen LogP contribution in [0.25, 0.3) is 0 Å². The molecule has 4 heteroatoms. The highest BCUT2D eigenvalue weighted by Crippen LogP contribution is 2.30. The Balaban J connectivity index is 2.84. The Morgan fingerprint density at radius 2 is 1.81 bits per heavy atom. The summed E-state index contributed by atoms with van der Waals surface area (Å²) in [6.07, 6.45) is 0.929. The number of alkyl halides is 1. The summed E-state index contributed by atoms with van der Waals surface area (Å²) in [5, 5.41) is 3.08. The van der Waals surface area contributed by atoms with Crippen LogP contribution in [-0.2, 0) is 6.42 Å². The molecule has 0 aromatic heterocycles. The smallest absolute Gasteiger partial charge is 0.161 e. The van der Waals surface area contributed by atoms with Gasteiger partial charge in [-0.1, -0.05) is 0 Å². The van der Waals surface area contributed by atoms with Crippen molar-refractivity contribution in [2.24, 2.45) is 0 Å². The highest BCUT2D eigenvalue weighted by Gasteiger charge is 2.07. The molecule has 3 nitrogen and oxygen atoms in total. The second-order valence-electron chi connectivity index (χ2n) is 3.52. The molecule has 0 saturated heterocycles. The molecule has 0 atom stereocenters. The largest absolute Gasteiger partial charge is 0.493 e. The molecule has 0 aliphatic heterocycles. The van der Waals surface area contributed by atoms with E-state index in [0.29, 0.717) is 6.00 Å². The van der Waals surface area contributed by atoms with Gasteiger partial charge in [0.25, 0.3) is 0 Å². The van der Waals surface area contributed by atoms with Crippen molar-refractivity contribution in [3.63, 3.8) is 0 Å². The highest BCUT2D eigenvalue weighted by atomic mass is 35.5. The number of rotatable bonds is 6. The minimum absolute atomic E-state index is 0.479. The van der Waals surface area contributed by atoms with Crippen LogP contribution < -0.4 is 14.8 Å². The van der Waals surface area contributed by atoms with Gasteiger partial charge in [0.05, 0.1) is 20.2 Å². The summed E-state index contributed by atoms with van der Waals surface area (Å²) >= 11 is 5.56. The van der Waals surface area contributed by atoms with Crippen molar-refractivity contribution in [2.45, 2.75) is 13.3 Å². The molecule has 0 fully saturated rings. The molecule has 0 radical (unpaired) electrons. The van der Waals surface area contributed by atoms with Gasteiger partial charge in [-0.25, -0.2) is 0 Å². The van der Waals surface area contributed by atoms with Gasteiger partial charge in [0.2, 0.25) is 0 Å². The molecule has 0 aliphatic rings. The number of ether oxygens (including phenoxy) is 2. The van der Waals surface area contributed by atoms with Crippen LogP contribution in [0.1, 0.15) is 11.1 Å². The first-order valence-corrected chi connectivity index (χ1v) is 5.74. The van der Waals surface area contributed by atoms with Crippen molar-refractivity contribution in [2.75, 3.05) is 26.8 Å². The number of benzene rings is 1. The van der Waals surface area contributed by atoms with Crippen LogP contribution in [0, 0.1) is 6.92 Å². The van der Waals surface area contributed by atoms with Gasteiger partial charge in [-0.15, -0.1) is 11.6 Å². The molecule has 0 spiro atoms. The molecule has 0 aliphatic carbocycles. The molecule has 1 N–H and O–H groups in total. The normalized spacial score (nSPS) is 10.2. The van der Waals surface area contributed by atoms with E-state index in [1.54, 1.807) is 14.2 Å². The second-order valence-corrected chi connectivity index (χ2v) is 3.78. The van der Waals surface area contributed by atoms with Gasteiger partial charge in [-0.2, -0.15) is 0 Å². The number of halogens is 1. The summed E-state index contributed by atoms with van der Waals surface area (Å²) in [6, 6.07) is 4.49. The summed E-state index contributed by atoms with van der Waals surface area (Å²) in [4.78, 5) is 0. The van der Waals surface area contributed by atoms with E-state index in [0.717, 1.165) is 24.5 Å². The monoisotopic (exact) mass is 243 g/mol. The van der Waals surface area contributed by atoms with Gasteiger partial charge < -0.3 is 14.8 Å². The second kappa shape index (κ2) is 6.61. The third-order valence-corrected chi connectivity index (χ3v) is 2.70. The first-order chi connectivity index (χ1) is 7.72. The Labute approximate surface area is 102 Å². The number of methoxy groups -OCH3 is 2. The Kier molecular flexibility index (Phi) is 5.43. The number of nitrogens with one attached hydrogen (secondary N) is 1. The summed E-state index contributed by atoms with van der Waals surface area (Å²) < 4.78 is 10.5. The minimum atomic E-state index is 0.479. The van der Waals surface area contributed by atoms with E-state index in [-0.39, 0.29) is 0 Å². The Hall–Kier alpha value is -0.930. The molecule has 0 bridgehead atoms. The van der Waals surface area contributed by atoms with Crippen molar-refractivity contribution >= 4 is 11.6 Å². The van der Waals surface area contributed by atoms with E-state index in [1.807, 2.05) is 12.1 Å². The lowest BCUT2D eigenvalue weighted by Gasteiger charge is -2.12. The van der Waals surface area contributed by atoms with Crippen LogP contribution in [0.3, 0.4) is 0 Å². The summed E-state index contributed by atoms with van der Waals surface area (Å²) in [5.41, 5.74) is 2.45. The van der Waals surface area contributed by atoms with Crippen molar-refractivity contribution in [1.29, 1.82) is 0 Å². The van der Waals surface area contributed by atoms with Crippen molar-refractivity contribution in [3.8, 4) is 11.5 Å². The van der Waals surface area contributed by atoms with Crippen LogP contribution in [0.2, 0.25) is 0 Å². The van der Waals surface area contributed by atoms with Crippen LogP contribution in [0.4, 0.5) is 0 Å². The van der Waals surface area contributed by atoms with Gasteiger partial charge in [-0.05, 0) is 36.6 Å². The van der Waals surface area contributed by atoms with Gasteiger partial charge in [0, 0.05) is 6.54 Å². The van der Waals surface area contributed by atoms with E-state index < -0.39 is 0 Å². The fourth-order valence-corrected chi connectivity index (χ4v) is 1.72. The fraction of sp³-hybridized carbons (Fsp3) is 0.500. The first-order valence-electron chi connectivity index (χ1n) is 5.21. The maximum atomic E-state index is 5.56. The van der Waals surface area contributed by atoms with Gasteiger partial charge in [0.15, 0.2) is 11.5 Å². The summed E-state index contributed by atoms with van der Waals surface area (Å²) in [5.74, 6) is 1.54. The predicted molar refractivity (Wildman–Crippen MR) is 66.7 cm³/mol. The van der Waals surface area contributed by atoms with Crippen LogP contribution >= 0.6 is 11.6 Å². The fourth-order valence-electron chi connectivity index (χ4n) is 1.58. The molecule has 0 heterocycles. The van der Waals surface area contributed by atoms with Gasteiger partial charge >= 0.3 is 0 Å². The molecule has 0 amide bonds. The van der Waals surface area contributed by atoms with Crippen LogP contribution in [-0.4, -0.2) is 26.8 Å². The molecule has 0 unspecified atom stereocenters. The molecule has 90 valence electrons. The number of aryl methyl sites for hydroxylation is 1. The number of hydrogen-bond donors (Lipinski definition) is 1. The molecule has 16 heavy (non-hydrogen) atoms. The molecular formula is C12H18ClNO2. The topological polar surface area (TPSA) is 30.5 Å². The molecule has 1 rings (SSSR count). The third kappa shape index (κ3) is 3.29. The quantitative estimate of drug-likeness (QED) is 0.473. The maximum absolute atomic E-state index is 5.56. The zero-order valence-corrected chi connectivity index (χ0v) is 10.7. The molecule has 0 saturated carbocycles. The van der Waals surface area contributed by atoms with E-state index in [4.69, 9.17) is 21.1 Å². The van der Waals surface area contributed by atoms with Crippen molar-refractivity contribution < 1.29 is 9.47 Å². The molecule has 1 aromatic carbocycles. The zero-order chi connectivity index (χ0) is 12.0. The number of hydrogen-bond acceptors (Lipinski definition) is 3. The van der Waals surface area contributed by atoms with Crippen LogP contribution in [0.15, 0.2) is 12.1 Å². The molecule has 1 aromatic rings. The predicted octanol–water partition coefficient (Wildman–Crippen LogP) is 2.34. The van der Waals surface area contributed by atoms with Gasteiger partial charge in [-0.3, -0.25) is 0 Å². The zero-order valence-electron chi connectivity index (χ0n) is 9.97. The van der Waals surface area contributed by atoms with Crippen molar-refractivity contribution in [3.05, 3.63) is 23.3 Å². The lowest BCUT2D eigenvalue weighted by Crippen LogP contribution is -2.15. The van der Waals surface area contributed by atoms with Crippen molar-refractivity contribution in [1.82, 2.24) is 5.32 Å².